The number of hydrogen-bond donors (Lipinski definition) is 2. The van der Waals surface area contributed by atoms with Crippen LogP contribution in [0.1, 0.15) is 6.92 Å². The predicted molar refractivity (Wildman–Crippen MR) is 63.9 cm³/mol. The van der Waals surface area contributed by atoms with E-state index in [1.54, 1.807) is 11.8 Å². The Morgan fingerprint density at radius 2 is 2.44 bits per heavy atom. The molecule has 0 fully saturated rings. The Kier molecular flexibility index (Phi) is 5.34. The van der Waals surface area contributed by atoms with Crippen LogP contribution in [0.3, 0.4) is 0 Å². The second-order valence-electron chi connectivity index (χ2n) is 3.48. The molecule has 0 aliphatic rings. The van der Waals surface area contributed by atoms with E-state index < -0.39 is 0 Å². The van der Waals surface area contributed by atoms with Crippen molar-refractivity contribution < 1.29 is 9.84 Å². The summed E-state index contributed by atoms with van der Waals surface area (Å²) in [5.74, 6) is 0.186. The van der Waals surface area contributed by atoms with E-state index in [0.717, 1.165) is 0 Å². The molecule has 0 aromatic carbocycles. The first kappa shape index (κ1) is 13.1. The molecule has 0 bridgehead atoms. The summed E-state index contributed by atoms with van der Waals surface area (Å²) in [5.41, 5.74) is -0.235. The highest BCUT2D eigenvalue weighted by Gasteiger charge is 2.16. The number of aromatic amines is 1. The molecule has 0 saturated carbocycles. The number of thioether (sulfide) groups is 1. The summed E-state index contributed by atoms with van der Waals surface area (Å²) in [6.45, 7) is 2.52. The third-order valence-electron chi connectivity index (χ3n) is 2.25. The Labute approximate surface area is 98.3 Å². The van der Waals surface area contributed by atoms with E-state index in [4.69, 9.17) is 9.84 Å². The maximum Gasteiger partial charge on any atom is 0.296 e. The van der Waals surface area contributed by atoms with E-state index in [1.807, 2.05) is 13.2 Å². The average molecular weight is 244 g/mol. The normalized spacial score (nSPS) is 14.4. The molecule has 0 radical (unpaired) electrons. The second-order valence-corrected chi connectivity index (χ2v) is 4.56. The van der Waals surface area contributed by atoms with Gasteiger partial charge in [0.05, 0.1) is 13.2 Å². The number of ether oxygens (including phenoxy) is 1. The lowest BCUT2D eigenvalue weighted by molar-refractivity contribution is 0.204. The fourth-order valence-electron chi connectivity index (χ4n) is 1.23. The minimum atomic E-state index is -0.235. The van der Waals surface area contributed by atoms with Crippen LogP contribution in [0.15, 0.2) is 17.1 Å². The number of hydrogen-bond acceptors (Lipinski definition) is 5. The molecule has 0 aliphatic carbocycles. The van der Waals surface area contributed by atoms with Gasteiger partial charge in [-0.1, -0.05) is 6.92 Å². The van der Waals surface area contributed by atoms with Crippen LogP contribution in [0.25, 0.3) is 0 Å². The van der Waals surface area contributed by atoms with Gasteiger partial charge in [-0.3, -0.25) is 9.78 Å². The molecule has 5 nitrogen and oxygen atoms in total. The minimum Gasteiger partial charge on any atom is -0.464 e. The van der Waals surface area contributed by atoms with Gasteiger partial charge in [0.25, 0.3) is 11.6 Å². The van der Waals surface area contributed by atoms with Crippen LogP contribution in [0.2, 0.25) is 0 Å². The Balaban J connectivity index is 2.48. The first-order chi connectivity index (χ1) is 7.67. The molecule has 6 heteroatoms. The fraction of sp³-hybridized carbons (Fsp3) is 0.600. The highest BCUT2D eigenvalue weighted by Crippen LogP contribution is 2.16. The molecular formula is C10H16N2O3S. The number of rotatable bonds is 6. The SMILES string of the molecule is CSC(CO)[C@@H](C)COc1nccc(=O)[nH]1. The zero-order valence-electron chi connectivity index (χ0n) is 9.34. The fourth-order valence-corrected chi connectivity index (χ4v) is 1.92. The van der Waals surface area contributed by atoms with Crippen molar-refractivity contribution in [2.24, 2.45) is 5.92 Å². The topological polar surface area (TPSA) is 75.2 Å². The smallest absolute Gasteiger partial charge is 0.296 e. The molecular weight excluding hydrogens is 228 g/mol. The van der Waals surface area contributed by atoms with E-state index >= 15 is 0 Å². The third-order valence-corrected chi connectivity index (χ3v) is 3.47. The lowest BCUT2D eigenvalue weighted by Crippen LogP contribution is -2.25. The van der Waals surface area contributed by atoms with Crippen molar-refractivity contribution in [1.82, 2.24) is 9.97 Å². The summed E-state index contributed by atoms with van der Waals surface area (Å²) in [6.07, 6.45) is 3.34. The quantitative estimate of drug-likeness (QED) is 0.762. The highest BCUT2D eigenvalue weighted by atomic mass is 32.2. The van der Waals surface area contributed by atoms with Crippen LogP contribution in [0.4, 0.5) is 0 Å². The third kappa shape index (κ3) is 3.86. The summed E-state index contributed by atoms with van der Waals surface area (Å²) in [4.78, 5) is 17.3. The van der Waals surface area contributed by atoms with Crippen molar-refractivity contribution in [2.45, 2.75) is 12.2 Å². The lowest BCUT2D eigenvalue weighted by atomic mass is 10.1. The Morgan fingerprint density at radius 1 is 1.69 bits per heavy atom. The Hall–Kier alpha value is -1.01. The van der Waals surface area contributed by atoms with Gasteiger partial charge in [0.15, 0.2) is 0 Å². The van der Waals surface area contributed by atoms with Crippen LogP contribution < -0.4 is 10.3 Å². The van der Waals surface area contributed by atoms with E-state index in [2.05, 4.69) is 9.97 Å². The summed E-state index contributed by atoms with van der Waals surface area (Å²) in [5, 5.41) is 9.22. The van der Waals surface area contributed by atoms with Gasteiger partial charge in [-0.2, -0.15) is 11.8 Å². The van der Waals surface area contributed by atoms with Crippen LogP contribution >= 0.6 is 11.8 Å². The van der Waals surface area contributed by atoms with Gasteiger partial charge < -0.3 is 9.84 Å². The first-order valence-electron chi connectivity index (χ1n) is 4.99. The van der Waals surface area contributed by atoms with Gasteiger partial charge in [-0.15, -0.1) is 0 Å². The van der Waals surface area contributed by atoms with E-state index in [1.165, 1.54) is 12.3 Å². The van der Waals surface area contributed by atoms with Crippen LogP contribution in [-0.2, 0) is 0 Å². The van der Waals surface area contributed by atoms with Crippen molar-refractivity contribution in [3.8, 4) is 6.01 Å². The molecule has 0 amide bonds. The van der Waals surface area contributed by atoms with E-state index in [-0.39, 0.29) is 29.3 Å². The summed E-state index contributed by atoms with van der Waals surface area (Å²) in [7, 11) is 0. The van der Waals surface area contributed by atoms with Crippen LogP contribution in [0.5, 0.6) is 6.01 Å². The number of nitrogens with zero attached hydrogens (tertiary/aromatic N) is 1. The molecule has 90 valence electrons. The second kappa shape index (κ2) is 6.55. The molecule has 0 saturated heterocycles. The number of aliphatic hydroxyl groups excluding tert-OH is 1. The molecule has 16 heavy (non-hydrogen) atoms. The molecule has 0 spiro atoms. The predicted octanol–water partition coefficient (Wildman–Crippen LogP) is 0.509. The highest BCUT2D eigenvalue weighted by molar-refractivity contribution is 7.99. The van der Waals surface area contributed by atoms with Crippen molar-refractivity contribution in [3.63, 3.8) is 0 Å². The average Bonchev–Trinajstić information content (AvgIpc) is 2.28. The monoisotopic (exact) mass is 244 g/mol. The van der Waals surface area contributed by atoms with Gasteiger partial charge in [0.1, 0.15) is 0 Å². The lowest BCUT2D eigenvalue weighted by Gasteiger charge is -2.19. The molecule has 1 aromatic heterocycles. The van der Waals surface area contributed by atoms with Crippen LogP contribution in [0, 0.1) is 5.92 Å². The van der Waals surface area contributed by atoms with Crippen molar-refractivity contribution in [1.29, 1.82) is 0 Å². The number of aromatic nitrogens is 2. The zero-order valence-corrected chi connectivity index (χ0v) is 10.2. The van der Waals surface area contributed by atoms with Crippen molar-refractivity contribution >= 4 is 11.8 Å². The zero-order chi connectivity index (χ0) is 12.0. The molecule has 1 unspecified atom stereocenters. The molecule has 1 rings (SSSR count). The Bertz CT molecular complexity index is 365. The maximum absolute atomic E-state index is 11.0. The molecule has 2 N–H and O–H groups in total. The molecule has 1 aromatic rings. The summed E-state index contributed by atoms with van der Waals surface area (Å²) >= 11 is 1.59. The Morgan fingerprint density at radius 3 is 3.00 bits per heavy atom. The van der Waals surface area contributed by atoms with Gasteiger partial charge in [-0.25, -0.2) is 4.98 Å². The van der Waals surface area contributed by atoms with Gasteiger partial charge in [-0.05, 0) is 6.26 Å². The largest absolute Gasteiger partial charge is 0.464 e. The minimum absolute atomic E-state index is 0.116. The summed E-state index contributed by atoms with van der Waals surface area (Å²) < 4.78 is 5.34. The first-order valence-corrected chi connectivity index (χ1v) is 6.28. The molecule has 0 aliphatic heterocycles. The maximum atomic E-state index is 11.0. The molecule has 2 atom stereocenters. The van der Waals surface area contributed by atoms with E-state index in [0.29, 0.717) is 6.61 Å². The van der Waals surface area contributed by atoms with Crippen LogP contribution in [-0.4, -0.2) is 39.8 Å². The molecule has 1 heterocycles. The van der Waals surface area contributed by atoms with Gasteiger partial charge in [0, 0.05) is 23.4 Å². The number of aliphatic hydroxyl groups is 1. The van der Waals surface area contributed by atoms with Crippen molar-refractivity contribution in [3.05, 3.63) is 22.6 Å². The van der Waals surface area contributed by atoms with Gasteiger partial charge in [0.2, 0.25) is 0 Å². The van der Waals surface area contributed by atoms with E-state index in [9.17, 15) is 4.79 Å². The summed E-state index contributed by atoms with van der Waals surface area (Å²) in [6, 6.07) is 1.55. The van der Waals surface area contributed by atoms with Crippen molar-refractivity contribution in [2.75, 3.05) is 19.5 Å². The standard InChI is InChI=1S/C10H16N2O3S/c1-7(8(5-13)16-2)6-15-10-11-4-3-9(14)12-10/h3-4,7-8,13H,5-6H2,1-2H3,(H,11,12,14)/t7-,8?/m0/s1. The number of nitrogens with one attached hydrogen (secondary N) is 1. The van der Waals surface area contributed by atoms with Gasteiger partial charge >= 0.3 is 0 Å². The number of H-pyrrole nitrogens is 1.